The maximum Gasteiger partial charge on any atom is 0.227 e. The zero-order valence-electron chi connectivity index (χ0n) is 16.3. The van der Waals surface area contributed by atoms with Crippen molar-refractivity contribution in [3.63, 3.8) is 0 Å². The van der Waals surface area contributed by atoms with Crippen LogP contribution in [0.15, 0.2) is 47.5 Å². The highest BCUT2D eigenvalue weighted by Gasteiger charge is 2.44. The number of halogens is 1. The number of guanidine groups is 1. The molecule has 3 N–H and O–H groups in total. The highest BCUT2D eigenvalue weighted by atomic mass is 19.1. The summed E-state index contributed by atoms with van der Waals surface area (Å²) in [5.41, 5.74) is 1.84. The summed E-state index contributed by atoms with van der Waals surface area (Å²) in [5, 5.41) is 9.22. The average Bonchev–Trinajstić information content (AvgIpc) is 3.46. The molecule has 2 aromatic rings. The van der Waals surface area contributed by atoms with Gasteiger partial charge in [-0.1, -0.05) is 18.2 Å². The van der Waals surface area contributed by atoms with Gasteiger partial charge in [0.15, 0.2) is 5.96 Å². The number of rotatable bonds is 7. The number of amides is 1. The van der Waals surface area contributed by atoms with Crippen molar-refractivity contribution in [2.75, 3.05) is 25.5 Å². The van der Waals surface area contributed by atoms with Crippen molar-refractivity contribution in [1.82, 2.24) is 15.6 Å². The zero-order valence-corrected chi connectivity index (χ0v) is 16.3. The summed E-state index contributed by atoms with van der Waals surface area (Å²) in [6, 6.07) is 12.3. The van der Waals surface area contributed by atoms with E-state index in [-0.39, 0.29) is 17.1 Å². The Morgan fingerprint density at radius 3 is 2.68 bits per heavy atom. The molecule has 0 unspecified atom stereocenters. The van der Waals surface area contributed by atoms with Gasteiger partial charge in [-0.05, 0) is 49.6 Å². The van der Waals surface area contributed by atoms with Crippen LogP contribution in [0.4, 0.5) is 10.2 Å². The van der Waals surface area contributed by atoms with Gasteiger partial charge < -0.3 is 16.0 Å². The molecule has 0 saturated heterocycles. The van der Waals surface area contributed by atoms with Crippen LogP contribution in [-0.2, 0) is 10.2 Å². The number of carbonyl (C=O) groups excluding carboxylic acids is 1. The molecule has 0 aliphatic heterocycles. The Bertz CT molecular complexity index is 863. The first kappa shape index (κ1) is 19.8. The fraction of sp³-hybridized carbons (Fsp3) is 0.381. The normalized spacial score (nSPS) is 15.0. The van der Waals surface area contributed by atoms with Gasteiger partial charge in [-0.15, -0.1) is 0 Å². The van der Waals surface area contributed by atoms with E-state index < -0.39 is 0 Å². The lowest BCUT2D eigenvalue weighted by atomic mass is 9.96. The predicted octanol–water partition coefficient (Wildman–Crippen LogP) is 2.75. The molecule has 0 radical (unpaired) electrons. The van der Waals surface area contributed by atoms with Gasteiger partial charge in [-0.25, -0.2) is 9.37 Å². The lowest BCUT2D eigenvalue weighted by Crippen LogP contribution is -2.42. The van der Waals surface area contributed by atoms with Gasteiger partial charge in [0.05, 0.1) is 0 Å². The van der Waals surface area contributed by atoms with E-state index in [1.165, 1.54) is 6.07 Å². The molecule has 0 bridgehead atoms. The summed E-state index contributed by atoms with van der Waals surface area (Å²) in [5.74, 6) is 0.863. The number of aryl methyl sites for hydroxylation is 1. The summed E-state index contributed by atoms with van der Waals surface area (Å²) >= 11 is 0. The number of carbonyl (C=O) groups is 1. The number of hydrogen-bond donors (Lipinski definition) is 3. The Kier molecular flexibility index (Phi) is 6.23. The van der Waals surface area contributed by atoms with Crippen LogP contribution in [0.3, 0.4) is 0 Å². The second kappa shape index (κ2) is 8.82. The van der Waals surface area contributed by atoms with Gasteiger partial charge in [0.1, 0.15) is 11.6 Å². The van der Waals surface area contributed by atoms with Gasteiger partial charge >= 0.3 is 0 Å². The van der Waals surface area contributed by atoms with Crippen LogP contribution >= 0.6 is 0 Å². The van der Waals surface area contributed by atoms with E-state index in [1.807, 2.05) is 25.1 Å². The Labute approximate surface area is 164 Å². The number of benzene rings is 1. The Hall–Kier alpha value is -2.96. The quantitative estimate of drug-likeness (QED) is 0.507. The molecule has 0 spiro atoms. The fourth-order valence-electron chi connectivity index (χ4n) is 3.12. The summed E-state index contributed by atoms with van der Waals surface area (Å²) in [6.45, 7) is 3.00. The highest BCUT2D eigenvalue weighted by molar-refractivity contribution is 5.90. The number of hydrogen-bond acceptors (Lipinski definition) is 3. The minimum Gasteiger partial charge on any atom is -0.356 e. The van der Waals surface area contributed by atoms with Crippen LogP contribution in [0.25, 0.3) is 0 Å². The Morgan fingerprint density at radius 1 is 1.21 bits per heavy atom. The van der Waals surface area contributed by atoms with Gasteiger partial charge in [0.2, 0.25) is 5.91 Å². The number of nitrogens with zero attached hydrogens (tertiary/aromatic N) is 2. The molecule has 7 heteroatoms. The standard InChI is InChI=1S/C21H26FN5O/c1-15-5-3-8-18(26-15)27-19(28)9-12-24-20(23-2)25-14-21(10-11-21)16-6-4-7-17(22)13-16/h3-8,13H,9-12,14H2,1-2H3,(H2,23,24,25)(H,26,27,28). The third-order valence-corrected chi connectivity index (χ3v) is 4.91. The minimum atomic E-state index is -0.208. The first-order valence-corrected chi connectivity index (χ1v) is 9.45. The second-order valence-electron chi connectivity index (χ2n) is 7.11. The molecule has 1 aliphatic carbocycles. The van der Waals surface area contributed by atoms with E-state index in [9.17, 15) is 9.18 Å². The van der Waals surface area contributed by atoms with Crippen molar-refractivity contribution in [2.45, 2.75) is 31.6 Å². The molecular weight excluding hydrogens is 357 g/mol. The van der Waals surface area contributed by atoms with E-state index in [0.717, 1.165) is 24.1 Å². The molecule has 0 atom stereocenters. The predicted molar refractivity (Wildman–Crippen MR) is 109 cm³/mol. The first-order valence-electron chi connectivity index (χ1n) is 9.45. The summed E-state index contributed by atoms with van der Waals surface area (Å²) < 4.78 is 13.5. The van der Waals surface area contributed by atoms with Crippen LogP contribution in [0, 0.1) is 12.7 Å². The first-order chi connectivity index (χ1) is 13.5. The van der Waals surface area contributed by atoms with Crippen LogP contribution < -0.4 is 16.0 Å². The third kappa shape index (κ3) is 5.28. The maximum absolute atomic E-state index is 13.5. The molecule has 1 aromatic carbocycles. The largest absolute Gasteiger partial charge is 0.356 e. The number of aromatic nitrogens is 1. The van der Waals surface area contributed by atoms with E-state index >= 15 is 0 Å². The molecule has 1 aliphatic rings. The monoisotopic (exact) mass is 383 g/mol. The van der Waals surface area contributed by atoms with Crippen LogP contribution in [0.5, 0.6) is 0 Å². The molecule has 3 rings (SSSR count). The van der Waals surface area contributed by atoms with Gasteiger partial charge in [-0.2, -0.15) is 0 Å². The molecule has 148 valence electrons. The Morgan fingerprint density at radius 2 is 2.00 bits per heavy atom. The summed E-state index contributed by atoms with van der Waals surface area (Å²) in [6.07, 6.45) is 2.34. The topological polar surface area (TPSA) is 78.4 Å². The number of anilines is 1. The van der Waals surface area contributed by atoms with E-state index in [2.05, 4.69) is 25.9 Å². The van der Waals surface area contributed by atoms with Crippen molar-refractivity contribution in [3.8, 4) is 0 Å². The van der Waals surface area contributed by atoms with Crippen molar-refractivity contribution in [3.05, 3.63) is 59.5 Å². The van der Waals surface area contributed by atoms with Gasteiger partial charge in [0.25, 0.3) is 0 Å². The second-order valence-corrected chi connectivity index (χ2v) is 7.11. The highest BCUT2D eigenvalue weighted by Crippen LogP contribution is 2.47. The maximum atomic E-state index is 13.5. The average molecular weight is 383 g/mol. The number of pyridine rings is 1. The number of aliphatic imine (C=N–C) groups is 1. The zero-order chi connectivity index (χ0) is 20.0. The number of nitrogens with one attached hydrogen (secondary N) is 3. The summed E-state index contributed by atoms with van der Waals surface area (Å²) in [7, 11) is 1.69. The van der Waals surface area contributed by atoms with E-state index in [1.54, 1.807) is 25.2 Å². The molecule has 1 saturated carbocycles. The van der Waals surface area contributed by atoms with E-state index in [0.29, 0.717) is 31.3 Å². The third-order valence-electron chi connectivity index (χ3n) is 4.91. The molecule has 1 fully saturated rings. The minimum absolute atomic E-state index is 0.0338. The smallest absolute Gasteiger partial charge is 0.227 e. The lowest BCUT2D eigenvalue weighted by Gasteiger charge is -2.19. The van der Waals surface area contributed by atoms with Crippen LogP contribution in [-0.4, -0.2) is 37.0 Å². The van der Waals surface area contributed by atoms with Crippen molar-refractivity contribution in [1.29, 1.82) is 0 Å². The fourth-order valence-corrected chi connectivity index (χ4v) is 3.12. The van der Waals surface area contributed by atoms with Crippen LogP contribution in [0.2, 0.25) is 0 Å². The van der Waals surface area contributed by atoms with Crippen molar-refractivity contribution < 1.29 is 9.18 Å². The van der Waals surface area contributed by atoms with Gasteiger partial charge in [-0.3, -0.25) is 9.79 Å². The lowest BCUT2D eigenvalue weighted by molar-refractivity contribution is -0.116. The molecule has 1 amide bonds. The van der Waals surface area contributed by atoms with Crippen molar-refractivity contribution in [2.24, 2.45) is 4.99 Å². The molecule has 1 heterocycles. The van der Waals surface area contributed by atoms with Gasteiger partial charge in [0, 0.05) is 37.7 Å². The molecule has 28 heavy (non-hydrogen) atoms. The molecular formula is C21H26FN5O. The van der Waals surface area contributed by atoms with E-state index in [4.69, 9.17) is 0 Å². The Balaban J connectivity index is 1.43. The van der Waals surface area contributed by atoms with Crippen LogP contribution in [0.1, 0.15) is 30.5 Å². The SMILES string of the molecule is CN=C(NCCC(=O)Nc1cccc(C)n1)NCC1(c2cccc(F)c2)CC1. The summed E-state index contributed by atoms with van der Waals surface area (Å²) in [4.78, 5) is 20.5. The molecule has 1 aromatic heterocycles. The van der Waals surface area contributed by atoms with Crippen molar-refractivity contribution >= 4 is 17.7 Å². The molecule has 6 nitrogen and oxygen atoms in total.